The minimum atomic E-state index is -0.502. The van der Waals surface area contributed by atoms with Crippen molar-refractivity contribution in [3.63, 3.8) is 0 Å². The van der Waals surface area contributed by atoms with Gasteiger partial charge >= 0.3 is 0 Å². The van der Waals surface area contributed by atoms with Gasteiger partial charge in [0.15, 0.2) is 6.61 Å². The second-order valence-corrected chi connectivity index (χ2v) is 5.66. The van der Waals surface area contributed by atoms with Crippen molar-refractivity contribution in [3.8, 4) is 17.0 Å². The van der Waals surface area contributed by atoms with Gasteiger partial charge in [-0.1, -0.05) is 12.1 Å². The van der Waals surface area contributed by atoms with Crippen molar-refractivity contribution in [1.82, 2.24) is 4.98 Å². The number of hydrogen-bond acceptors (Lipinski definition) is 5. The predicted octanol–water partition coefficient (Wildman–Crippen LogP) is 3.55. The van der Waals surface area contributed by atoms with Crippen molar-refractivity contribution in [1.29, 1.82) is 0 Å². The van der Waals surface area contributed by atoms with Crippen LogP contribution in [-0.2, 0) is 4.79 Å². The highest BCUT2D eigenvalue weighted by Crippen LogP contribution is 2.28. The molecule has 0 bridgehead atoms. The maximum Gasteiger partial charge on any atom is 0.262 e. The van der Waals surface area contributed by atoms with E-state index in [1.807, 2.05) is 11.4 Å². The summed E-state index contributed by atoms with van der Waals surface area (Å²) in [5, 5.41) is 4.36. The van der Waals surface area contributed by atoms with E-state index >= 15 is 0 Å². The van der Waals surface area contributed by atoms with E-state index in [1.165, 1.54) is 23.5 Å². The van der Waals surface area contributed by atoms with Gasteiger partial charge in [0.05, 0.1) is 22.6 Å². The molecule has 0 fully saturated rings. The van der Waals surface area contributed by atoms with Gasteiger partial charge in [-0.25, -0.2) is 9.37 Å². The number of nitrogen functional groups attached to an aromatic ring is 1. The molecule has 0 spiro atoms. The third kappa shape index (κ3) is 3.69. The molecule has 1 amide bonds. The lowest BCUT2D eigenvalue weighted by Gasteiger charge is -2.10. The Hall–Kier alpha value is -2.93. The van der Waals surface area contributed by atoms with Gasteiger partial charge in [-0.15, -0.1) is 11.3 Å². The molecule has 1 aromatic heterocycles. The second-order valence-electron chi connectivity index (χ2n) is 4.94. The van der Waals surface area contributed by atoms with Crippen molar-refractivity contribution in [3.05, 3.63) is 59.2 Å². The highest BCUT2D eigenvalue weighted by atomic mass is 32.1. The largest absolute Gasteiger partial charge is 0.482 e. The van der Waals surface area contributed by atoms with Crippen molar-refractivity contribution in [2.24, 2.45) is 0 Å². The molecule has 0 unspecified atom stereocenters. The Labute approximate surface area is 141 Å². The quantitative estimate of drug-likeness (QED) is 0.695. The Morgan fingerprint density at radius 3 is 2.83 bits per heavy atom. The van der Waals surface area contributed by atoms with Crippen molar-refractivity contribution < 1.29 is 13.9 Å². The third-order valence-corrected chi connectivity index (χ3v) is 3.83. The van der Waals surface area contributed by atoms with E-state index in [2.05, 4.69) is 10.3 Å². The number of aromatic nitrogens is 1. The number of benzene rings is 2. The molecular formula is C17H14FN3O2S. The number of nitrogens with two attached hydrogens (primary N) is 1. The minimum absolute atomic E-state index is 0.109. The highest BCUT2D eigenvalue weighted by Gasteiger charge is 2.09. The zero-order chi connectivity index (χ0) is 16.9. The molecule has 122 valence electrons. The fourth-order valence-corrected chi connectivity index (χ4v) is 2.65. The molecule has 0 saturated carbocycles. The van der Waals surface area contributed by atoms with E-state index in [1.54, 1.807) is 29.8 Å². The number of carbonyl (C=O) groups excluding carboxylic acids is 1. The smallest absolute Gasteiger partial charge is 0.262 e. The standard InChI is InChI=1S/C17H14FN3O2S/c18-12-3-1-2-4-14(12)21-17(22)8-23-16-6-5-11(7-13(16)19)15-9-24-10-20-15/h1-7,9-10H,8,19H2,(H,21,22). The number of halogens is 1. The van der Waals surface area contributed by atoms with Gasteiger partial charge in [0, 0.05) is 10.9 Å². The molecule has 5 nitrogen and oxygen atoms in total. The van der Waals surface area contributed by atoms with E-state index in [-0.39, 0.29) is 12.3 Å². The number of rotatable bonds is 5. The molecule has 7 heteroatoms. The van der Waals surface area contributed by atoms with Gasteiger partial charge in [0.1, 0.15) is 11.6 Å². The number of amides is 1. The molecule has 0 atom stereocenters. The fraction of sp³-hybridized carbons (Fsp3) is 0.0588. The van der Waals surface area contributed by atoms with Gasteiger partial charge < -0.3 is 15.8 Å². The Bertz CT molecular complexity index is 853. The maximum absolute atomic E-state index is 13.5. The molecule has 0 aliphatic rings. The van der Waals surface area contributed by atoms with Crippen LogP contribution in [0, 0.1) is 5.82 Å². The maximum atomic E-state index is 13.5. The van der Waals surface area contributed by atoms with Crippen LogP contribution in [0.25, 0.3) is 11.3 Å². The molecule has 0 aliphatic carbocycles. The molecule has 1 heterocycles. The van der Waals surface area contributed by atoms with Crippen LogP contribution in [0.3, 0.4) is 0 Å². The van der Waals surface area contributed by atoms with E-state index < -0.39 is 11.7 Å². The summed E-state index contributed by atoms with van der Waals surface area (Å²) in [6.07, 6.45) is 0. The van der Waals surface area contributed by atoms with Gasteiger partial charge in [-0.05, 0) is 30.3 Å². The lowest BCUT2D eigenvalue weighted by atomic mass is 10.1. The lowest BCUT2D eigenvalue weighted by molar-refractivity contribution is -0.118. The van der Waals surface area contributed by atoms with Crippen LogP contribution in [0.2, 0.25) is 0 Å². The first-order chi connectivity index (χ1) is 11.6. The molecule has 3 N–H and O–H groups in total. The van der Waals surface area contributed by atoms with Crippen molar-refractivity contribution in [2.45, 2.75) is 0 Å². The number of hydrogen-bond donors (Lipinski definition) is 2. The van der Waals surface area contributed by atoms with Crippen LogP contribution in [0.1, 0.15) is 0 Å². The van der Waals surface area contributed by atoms with Gasteiger partial charge in [0.25, 0.3) is 5.91 Å². The topological polar surface area (TPSA) is 77.2 Å². The molecule has 3 aromatic rings. The number of nitrogens with one attached hydrogen (secondary N) is 1. The van der Waals surface area contributed by atoms with Crippen LogP contribution < -0.4 is 15.8 Å². The summed E-state index contributed by atoms with van der Waals surface area (Å²) in [7, 11) is 0. The summed E-state index contributed by atoms with van der Waals surface area (Å²) in [6, 6.07) is 11.2. The number of thiazole rings is 1. The van der Waals surface area contributed by atoms with E-state index in [4.69, 9.17) is 10.5 Å². The van der Waals surface area contributed by atoms with Crippen molar-refractivity contribution >= 4 is 28.6 Å². The minimum Gasteiger partial charge on any atom is -0.482 e. The number of carbonyl (C=O) groups is 1. The Balaban J connectivity index is 1.62. The molecule has 0 radical (unpaired) electrons. The average molecular weight is 343 g/mol. The summed E-state index contributed by atoms with van der Waals surface area (Å²) < 4.78 is 18.9. The SMILES string of the molecule is Nc1cc(-c2cscn2)ccc1OCC(=O)Nc1ccccc1F. The molecule has 2 aromatic carbocycles. The average Bonchev–Trinajstić information content (AvgIpc) is 3.10. The Morgan fingerprint density at radius 2 is 2.12 bits per heavy atom. The monoisotopic (exact) mass is 343 g/mol. The van der Waals surface area contributed by atoms with Gasteiger partial charge in [0.2, 0.25) is 0 Å². The van der Waals surface area contributed by atoms with Gasteiger partial charge in [-0.2, -0.15) is 0 Å². The second kappa shape index (κ2) is 7.10. The first-order valence-electron chi connectivity index (χ1n) is 7.09. The summed E-state index contributed by atoms with van der Waals surface area (Å²) >= 11 is 1.49. The first-order valence-corrected chi connectivity index (χ1v) is 8.03. The molecule has 0 aliphatic heterocycles. The van der Waals surface area contributed by atoms with E-state index in [0.717, 1.165) is 11.3 Å². The van der Waals surface area contributed by atoms with Crippen LogP contribution in [0.4, 0.5) is 15.8 Å². The van der Waals surface area contributed by atoms with Gasteiger partial charge in [-0.3, -0.25) is 4.79 Å². The summed E-state index contributed by atoms with van der Waals surface area (Å²) in [4.78, 5) is 16.1. The Kier molecular flexibility index (Phi) is 4.72. The molecule has 0 saturated heterocycles. The van der Waals surface area contributed by atoms with Crippen LogP contribution in [-0.4, -0.2) is 17.5 Å². The number of nitrogens with zero attached hydrogens (tertiary/aromatic N) is 1. The van der Waals surface area contributed by atoms with E-state index in [0.29, 0.717) is 11.4 Å². The lowest BCUT2D eigenvalue weighted by Crippen LogP contribution is -2.21. The Morgan fingerprint density at radius 1 is 1.29 bits per heavy atom. The zero-order valence-corrected chi connectivity index (χ0v) is 13.3. The normalized spacial score (nSPS) is 10.4. The summed E-state index contributed by atoms with van der Waals surface area (Å²) in [5.41, 5.74) is 9.90. The number of para-hydroxylation sites is 1. The van der Waals surface area contributed by atoms with Crippen LogP contribution in [0.5, 0.6) is 5.75 Å². The van der Waals surface area contributed by atoms with Crippen LogP contribution >= 0.6 is 11.3 Å². The fourth-order valence-electron chi connectivity index (χ4n) is 2.09. The summed E-state index contributed by atoms with van der Waals surface area (Å²) in [5.74, 6) is -0.585. The van der Waals surface area contributed by atoms with Crippen LogP contribution in [0.15, 0.2) is 53.4 Å². The third-order valence-electron chi connectivity index (χ3n) is 3.24. The molecule has 3 rings (SSSR count). The van der Waals surface area contributed by atoms with E-state index in [9.17, 15) is 9.18 Å². The molecular weight excluding hydrogens is 329 g/mol. The number of ether oxygens (including phenoxy) is 1. The number of anilines is 2. The summed E-state index contributed by atoms with van der Waals surface area (Å²) in [6.45, 7) is -0.269. The van der Waals surface area contributed by atoms with Crippen molar-refractivity contribution in [2.75, 3.05) is 17.7 Å². The predicted molar refractivity (Wildman–Crippen MR) is 92.5 cm³/mol. The molecule has 24 heavy (non-hydrogen) atoms. The highest BCUT2D eigenvalue weighted by molar-refractivity contribution is 7.07. The zero-order valence-electron chi connectivity index (χ0n) is 12.5. The first kappa shape index (κ1) is 15.9.